The Labute approximate surface area is 117 Å². The molecule has 0 aliphatic rings. The van der Waals surface area contributed by atoms with Crippen molar-refractivity contribution in [1.82, 2.24) is 0 Å². The maximum atomic E-state index is 11.7. The monoisotopic (exact) mass is 261 g/mol. The molecule has 0 saturated carbocycles. The van der Waals surface area contributed by atoms with Crippen LogP contribution in [-0.4, -0.2) is 5.91 Å². The summed E-state index contributed by atoms with van der Waals surface area (Å²) < 4.78 is 0. The highest BCUT2D eigenvalue weighted by molar-refractivity contribution is 5.90. The van der Waals surface area contributed by atoms with Crippen LogP contribution < -0.4 is 5.32 Å². The molecule has 0 saturated heterocycles. The minimum Gasteiger partial charge on any atom is -0.326 e. The largest absolute Gasteiger partial charge is 0.326 e. The molecule has 19 heavy (non-hydrogen) atoms. The highest BCUT2D eigenvalue weighted by Gasteiger charge is 2.02. The summed E-state index contributed by atoms with van der Waals surface area (Å²) >= 11 is 0. The number of hydrogen-bond acceptors (Lipinski definition) is 1. The number of rotatable bonds is 9. The summed E-state index contributed by atoms with van der Waals surface area (Å²) in [6.07, 6.45) is 9.36. The van der Waals surface area contributed by atoms with Gasteiger partial charge in [-0.2, -0.15) is 0 Å². The Morgan fingerprint density at radius 2 is 1.74 bits per heavy atom. The van der Waals surface area contributed by atoms with Gasteiger partial charge in [0.25, 0.3) is 0 Å². The zero-order chi connectivity index (χ0) is 13.9. The summed E-state index contributed by atoms with van der Waals surface area (Å²) in [7, 11) is 0. The number of benzene rings is 1. The zero-order valence-electron chi connectivity index (χ0n) is 12.4. The lowest BCUT2D eigenvalue weighted by molar-refractivity contribution is -0.116. The van der Waals surface area contributed by atoms with Gasteiger partial charge in [-0.05, 0) is 31.0 Å². The second-order valence-corrected chi connectivity index (χ2v) is 5.29. The number of carbonyl (C=O) groups excluding carboxylic acids is 1. The van der Waals surface area contributed by atoms with Gasteiger partial charge in [0, 0.05) is 12.1 Å². The number of aryl methyl sites for hydroxylation is 1. The molecule has 0 fully saturated rings. The molecule has 1 aromatic rings. The quantitative estimate of drug-likeness (QED) is 0.617. The molecule has 106 valence electrons. The fourth-order valence-electron chi connectivity index (χ4n) is 2.19. The van der Waals surface area contributed by atoms with E-state index in [-0.39, 0.29) is 5.91 Å². The molecule has 2 nitrogen and oxygen atoms in total. The predicted molar refractivity (Wildman–Crippen MR) is 82.4 cm³/mol. The zero-order valence-corrected chi connectivity index (χ0v) is 12.4. The maximum absolute atomic E-state index is 11.7. The van der Waals surface area contributed by atoms with E-state index in [2.05, 4.69) is 12.2 Å². The Morgan fingerprint density at radius 3 is 2.42 bits per heavy atom. The van der Waals surface area contributed by atoms with Crippen molar-refractivity contribution in [3.63, 3.8) is 0 Å². The molecular weight excluding hydrogens is 234 g/mol. The third kappa shape index (κ3) is 7.66. The minimum atomic E-state index is 0.138. The van der Waals surface area contributed by atoms with Crippen LogP contribution >= 0.6 is 0 Å². The van der Waals surface area contributed by atoms with Crippen molar-refractivity contribution >= 4 is 11.6 Å². The minimum absolute atomic E-state index is 0.138. The molecule has 1 N–H and O–H groups in total. The Hall–Kier alpha value is -1.31. The molecule has 0 radical (unpaired) electrons. The van der Waals surface area contributed by atoms with Gasteiger partial charge in [-0.15, -0.1) is 0 Å². The van der Waals surface area contributed by atoms with Crippen LogP contribution in [0, 0.1) is 6.92 Å². The molecule has 0 spiro atoms. The molecule has 1 amide bonds. The van der Waals surface area contributed by atoms with Crippen molar-refractivity contribution in [3.8, 4) is 0 Å². The third-order valence-electron chi connectivity index (χ3n) is 3.31. The average Bonchev–Trinajstić information content (AvgIpc) is 2.37. The van der Waals surface area contributed by atoms with E-state index in [1.54, 1.807) is 0 Å². The second-order valence-electron chi connectivity index (χ2n) is 5.29. The molecule has 0 unspecified atom stereocenters. The number of carbonyl (C=O) groups is 1. The van der Waals surface area contributed by atoms with E-state index in [4.69, 9.17) is 0 Å². The van der Waals surface area contributed by atoms with Crippen LogP contribution in [-0.2, 0) is 4.79 Å². The molecule has 1 rings (SSSR count). The van der Waals surface area contributed by atoms with Crippen LogP contribution in [0.1, 0.15) is 63.9 Å². The van der Waals surface area contributed by atoms with Gasteiger partial charge >= 0.3 is 0 Å². The van der Waals surface area contributed by atoms with Gasteiger partial charge in [-0.1, -0.05) is 57.6 Å². The lowest BCUT2D eigenvalue weighted by atomic mass is 10.1. The molecule has 2 heteroatoms. The molecule has 0 aliphatic carbocycles. The fourth-order valence-corrected chi connectivity index (χ4v) is 2.19. The predicted octanol–water partition coefficient (Wildman–Crippen LogP) is 5.07. The molecule has 0 aliphatic heterocycles. The van der Waals surface area contributed by atoms with Gasteiger partial charge in [0.2, 0.25) is 5.91 Å². The highest BCUT2D eigenvalue weighted by atomic mass is 16.1. The first-order chi connectivity index (χ1) is 9.22. The summed E-state index contributed by atoms with van der Waals surface area (Å²) in [4.78, 5) is 11.7. The van der Waals surface area contributed by atoms with Gasteiger partial charge in [-0.3, -0.25) is 4.79 Å². The van der Waals surface area contributed by atoms with Crippen LogP contribution in [0.3, 0.4) is 0 Å². The summed E-state index contributed by atoms with van der Waals surface area (Å²) in [5.41, 5.74) is 2.08. The fraction of sp³-hybridized carbons (Fsp3) is 0.588. The summed E-state index contributed by atoms with van der Waals surface area (Å²) in [6.45, 7) is 4.27. The van der Waals surface area contributed by atoms with Crippen LogP contribution in [0.15, 0.2) is 24.3 Å². The van der Waals surface area contributed by atoms with Gasteiger partial charge < -0.3 is 5.32 Å². The Bertz CT molecular complexity index is 373. The van der Waals surface area contributed by atoms with E-state index in [0.29, 0.717) is 6.42 Å². The van der Waals surface area contributed by atoms with Gasteiger partial charge in [0.15, 0.2) is 0 Å². The number of hydrogen-bond donors (Lipinski definition) is 1. The van der Waals surface area contributed by atoms with Gasteiger partial charge in [0.1, 0.15) is 0 Å². The molecule has 1 aromatic carbocycles. The van der Waals surface area contributed by atoms with Crippen molar-refractivity contribution in [2.75, 3.05) is 5.32 Å². The molecular formula is C17H27NO. The average molecular weight is 261 g/mol. The Morgan fingerprint density at radius 1 is 1.05 bits per heavy atom. The molecule has 0 aromatic heterocycles. The van der Waals surface area contributed by atoms with Crippen LogP contribution in [0.25, 0.3) is 0 Å². The van der Waals surface area contributed by atoms with Crippen molar-refractivity contribution in [2.24, 2.45) is 0 Å². The van der Waals surface area contributed by atoms with Gasteiger partial charge in [-0.25, -0.2) is 0 Å². The number of nitrogens with one attached hydrogen (secondary N) is 1. The SMILES string of the molecule is CCCCCCCCCC(=O)Nc1cccc(C)c1. The molecule has 0 bridgehead atoms. The lowest BCUT2D eigenvalue weighted by Gasteiger charge is -2.06. The topological polar surface area (TPSA) is 29.1 Å². The van der Waals surface area contributed by atoms with E-state index in [0.717, 1.165) is 12.1 Å². The highest BCUT2D eigenvalue weighted by Crippen LogP contribution is 2.12. The first kappa shape index (κ1) is 15.7. The van der Waals surface area contributed by atoms with E-state index in [1.807, 2.05) is 31.2 Å². The van der Waals surface area contributed by atoms with E-state index in [9.17, 15) is 4.79 Å². The summed E-state index contributed by atoms with van der Waals surface area (Å²) in [6, 6.07) is 7.95. The van der Waals surface area contributed by atoms with Crippen LogP contribution in [0.2, 0.25) is 0 Å². The molecule has 0 heterocycles. The second kappa shape index (κ2) is 9.60. The van der Waals surface area contributed by atoms with Gasteiger partial charge in [0.05, 0.1) is 0 Å². The van der Waals surface area contributed by atoms with Crippen molar-refractivity contribution in [2.45, 2.75) is 65.2 Å². The normalized spacial score (nSPS) is 10.4. The molecule has 0 atom stereocenters. The summed E-state index contributed by atoms with van der Waals surface area (Å²) in [5, 5.41) is 2.96. The summed E-state index contributed by atoms with van der Waals surface area (Å²) in [5.74, 6) is 0.138. The van der Waals surface area contributed by atoms with Crippen LogP contribution in [0.4, 0.5) is 5.69 Å². The third-order valence-corrected chi connectivity index (χ3v) is 3.31. The Balaban J connectivity index is 2.08. The smallest absolute Gasteiger partial charge is 0.224 e. The lowest BCUT2D eigenvalue weighted by Crippen LogP contribution is -2.11. The van der Waals surface area contributed by atoms with Crippen molar-refractivity contribution in [1.29, 1.82) is 0 Å². The van der Waals surface area contributed by atoms with E-state index in [1.165, 1.54) is 44.1 Å². The maximum Gasteiger partial charge on any atom is 0.224 e. The first-order valence-corrected chi connectivity index (χ1v) is 7.59. The van der Waals surface area contributed by atoms with Crippen LogP contribution in [0.5, 0.6) is 0 Å². The van der Waals surface area contributed by atoms with E-state index < -0.39 is 0 Å². The first-order valence-electron chi connectivity index (χ1n) is 7.59. The Kier molecular flexibility index (Phi) is 7.95. The number of amides is 1. The standard InChI is InChI=1S/C17H27NO/c1-3-4-5-6-7-8-9-13-17(19)18-16-12-10-11-15(2)14-16/h10-12,14H,3-9,13H2,1-2H3,(H,18,19). The number of anilines is 1. The number of unbranched alkanes of at least 4 members (excludes halogenated alkanes) is 6. The van der Waals surface area contributed by atoms with Crippen molar-refractivity contribution in [3.05, 3.63) is 29.8 Å². The van der Waals surface area contributed by atoms with Crippen molar-refractivity contribution < 1.29 is 4.79 Å². The van der Waals surface area contributed by atoms with E-state index >= 15 is 0 Å².